The number of nitrogens with one attached hydrogen (secondary N) is 1. The fourth-order valence-electron chi connectivity index (χ4n) is 1.76. The van der Waals surface area contributed by atoms with Crippen LogP contribution in [0.25, 0.3) is 6.08 Å². The maximum absolute atomic E-state index is 12.2. The van der Waals surface area contributed by atoms with Gasteiger partial charge >= 0.3 is 0 Å². The Morgan fingerprint density at radius 1 is 1.32 bits per heavy atom. The van der Waals surface area contributed by atoms with Crippen molar-refractivity contribution in [3.8, 4) is 17.6 Å². The second-order valence-corrected chi connectivity index (χ2v) is 4.21. The molecule has 0 saturated heterocycles. The number of anilines is 1. The predicted molar refractivity (Wildman–Crippen MR) is 80.5 cm³/mol. The molecule has 0 radical (unpaired) electrons. The number of benzene rings is 1. The molecule has 0 fully saturated rings. The molecule has 0 bridgehead atoms. The third kappa shape index (κ3) is 3.46. The summed E-state index contributed by atoms with van der Waals surface area (Å²) in [5.74, 6) is 0.903. The standard InChI is InChI=1S/C16H14N2O4/c1-20-12-5-6-14(15(9-12)21-2)18-16(19)11(10-17)8-13-4-3-7-22-13/h3-9H,1-2H3,(H,18,19)/b11-8+. The highest BCUT2D eigenvalue weighted by molar-refractivity contribution is 6.10. The van der Waals surface area contributed by atoms with E-state index in [1.165, 1.54) is 26.6 Å². The first-order chi connectivity index (χ1) is 10.7. The van der Waals surface area contributed by atoms with Gasteiger partial charge in [-0.1, -0.05) is 0 Å². The predicted octanol–water partition coefficient (Wildman–Crippen LogP) is 2.84. The lowest BCUT2D eigenvalue weighted by Crippen LogP contribution is -2.14. The molecule has 0 saturated carbocycles. The molecule has 0 aliphatic heterocycles. The van der Waals surface area contributed by atoms with Crippen LogP contribution in [0, 0.1) is 11.3 Å². The summed E-state index contributed by atoms with van der Waals surface area (Å²) >= 11 is 0. The summed E-state index contributed by atoms with van der Waals surface area (Å²) in [5.41, 5.74) is 0.363. The van der Waals surface area contributed by atoms with Gasteiger partial charge in [0.05, 0.1) is 26.2 Å². The van der Waals surface area contributed by atoms with Crippen LogP contribution in [0.4, 0.5) is 5.69 Å². The molecule has 2 rings (SSSR count). The SMILES string of the molecule is COc1ccc(NC(=O)/C(C#N)=C/c2ccco2)c(OC)c1. The maximum Gasteiger partial charge on any atom is 0.266 e. The van der Waals surface area contributed by atoms with E-state index in [0.29, 0.717) is 22.9 Å². The molecule has 0 spiro atoms. The number of nitriles is 1. The average molecular weight is 298 g/mol. The molecule has 22 heavy (non-hydrogen) atoms. The molecule has 1 aromatic heterocycles. The first-order valence-electron chi connectivity index (χ1n) is 6.36. The zero-order valence-corrected chi connectivity index (χ0v) is 12.1. The Morgan fingerprint density at radius 2 is 2.14 bits per heavy atom. The van der Waals surface area contributed by atoms with Crippen LogP contribution in [-0.4, -0.2) is 20.1 Å². The van der Waals surface area contributed by atoms with Gasteiger partial charge in [-0.05, 0) is 24.3 Å². The largest absolute Gasteiger partial charge is 0.497 e. The van der Waals surface area contributed by atoms with Gasteiger partial charge in [-0.2, -0.15) is 5.26 Å². The van der Waals surface area contributed by atoms with Crippen molar-refractivity contribution in [3.63, 3.8) is 0 Å². The number of ether oxygens (including phenoxy) is 2. The number of methoxy groups -OCH3 is 2. The van der Waals surface area contributed by atoms with Crippen molar-refractivity contribution in [3.05, 3.63) is 47.9 Å². The van der Waals surface area contributed by atoms with E-state index in [-0.39, 0.29) is 5.57 Å². The maximum atomic E-state index is 12.2. The third-order valence-electron chi connectivity index (χ3n) is 2.85. The summed E-state index contributed by atoms with van der Waals surface area (Å²) in [6.07, 6.45) is 2.83. The molecule has 0 aliphatic carbocycles. The lowest BCUT2D eigenvalue weighted by molar-refractivity contribution is -0.112. The van der Waals surface area contributed by atoms with Gasteiger partial charge in [0, 0.05) is 12.1 Å². The normalized spacial score (nSPS) is 10.7. The Labute approximate surface area is 127 Å². The minimum atomic E-state index is -0.553. The lowest BCUT2D eigenvalue weighted by atomic mass is 10.2. The summed E-state index contributed by atoms with van der Waals surface area (Å²) in [6, 6.07) is 10.1. The molecule has 1 N–H and O–H groups in total. The van der Waals surface area contributed by atoms with Gasteiger partial charge in [0.25, 0.3) is 5.91 Å². The van der Waals surface area contributed by atoms with Gasteiger partial charge in [-0.25, -0.2) is 0 Å². The van der Waals surface area contributed by atoms with Crippen molar-refractivity contribution in [2.45, 2.75) is 0 Å². The van der Waals surface area contributed by atoms with Crippen LogP contribution < -0.4 is 14.8 Å². The third-order valence-corrected chi connectivity index (χ3v) is 2.85. The molecule has 6 heteroatoms. The molecule has 0 aliphatic rings. The number of nitrogens with zero attached hydrogens (tertiary/aromatic N) is 1. The summed E-state index contributed by atoms with van der Waals surface area (Å²) in [6.45, 7) is 0. The van der Waals surface area contributed by atoms with E-state index in [2.05, 4.69) is 5.32 Å². The summed E-state index contributed by atoms with van der Waals surface area (Å²) in [5, 5.41) is 11.7. The molecule has 0 unspecified atom stereocenters. The van der Waals surface area contributed by atoms with Crippen LogP contribution in [0.5, 0.6) is 11.5 Å². The highest BCUT2D eigenvalue weighted by Crippen LogP contribution is 2.29. The van der Waals surface area contributed by atoms with Crippen molar-refractivity contribution in [1.29, 1.82) is 5.26 Å². The zero-order chi connectivity index (χ0) is 15.9. The molecule has 1 aromatic carbocycles. The Kier molecular flexibility index (Phi) is 4.83. The quantitative estimate of drug-likeness (QED) is 0.677. The van der Waals surface area contributed by atoms with Crippen LogP contribution in [-0.2, 0) is 4.79 Å². The first-order valence-corrected chi connectivity index (χ1v) is 6.36. The number of rotatable bonds is 5. The second-order valence-electron chi connectivity index (χ2n) is 4.21. The Morgan fingerprint density at radius 3 is 2.73 bits per heavy atom. The van der Waals surface area contributed by atoms with Crippen LogP contribution >= 0.6 is 0 Å². The van der Waals surface area contributed by atoms with E-state index in [1.807, 2.05) is 6.07 Å². The summed E-state index contributed by atoms with van der Waals surface area (Å²) in [7, 11) is 3.02. The van der Waals surface area contributed by atoms with Crippen molar-refractivity contribution >= 4 is 17.7 Å². The van der Waals surface area contributed by atoms with E-state index >= 15 is 0 Å². The number of hydrogen-bond acceptors (Lipinski definition) is 5. The number of amides is 1. The number of furan rings is 1. The van der Waals surface area contributed by atoms with Gasteiger partial charge in [0.15, 0.2) is 0 Å². The fraction of sp³-hybridized carbons (Fsp3) is 0.125. The molecular weight excluding hydrogens is 284 g/mol. The number of carbonyl (C=O) groups is 1. The number of carbonyl (C=O) groups excluding carboxylic acids is 1. The van der Waals surface area contributed by atoms with Gasteiger partial charge < -0.3 is 19.2 Å². The topological polar surface area (TPSA) is 84.5 Å². The van der Waals surface area contributed by atoms with Crippen LogP contribution in [0.2, 0.25) is 0 Å². The van der Waals surface area contributed by atoms with Gasteiger partial charge in [0.1, 0.15) is 28.9 Å². The number of hydrogen-bond donors (Lipinski definition) is 1. The monoisotopic (exact) mass is 298 g/mol. The zero-order valence-electron chi connectivity index (χ0n) is 12.1. The molecule has 1 amide bonds. The van der Waals surface area contributed by atoms with Gasteiger partial charge in [-0.3, -0.25) is 4.79 Å². The fourth-order valence-corrected chi connectivity index (χ4v) is 1.76. The Hall–Kier alpha value is -3.20. The molecular formula is C16H14N2O4. The summed E-state index contributed by atoms with van der Waals surface area (Å²) in [4.78, 5) is 12.2. The Bertz CT molecular complexity index is 727. The van der Waals surface area contributed by atoms with Crippen molar-refractivity contribution in [1.82, 2.24) is 0 Å². The van der Waals surface area contributed by atoms with Gasteiger partial charge in [-0.15, -0.1) is 0 Å². The lowest BCUT2D eigenvalue weighted by Gasteiger charge is -2.11. The molecule has 6 nitrogen and oxygen atoms in total. The van der Waals surface area contributed by atoms with E-state index in [1.54, 1.807) is 30.3 Å². The second kappa shape index (κ2) is 6.99. The molecule has 0 atom stereocenters. The smallest absolute Gasteiger partial charge is 0.266 e. The van der Waals surface area contributed by atoms with E-state index in [9.17, 15) is 4.79 Å². The summed E-state index contributed by atoms with van der Waals surface area (Å²) < 4.78 is 15.4. The average Bonchev–Trinajstić information content (AvgIpc) is 3.05. The minimum Gasteiger partial charge on any atom is -0.497 e. The molecule has 1 heterocycles. The van der Waals surface area contributed by atoms with E-state index in [0.717, 1.165) is 0 Å². The van der Waals surface area contributed by atoms with Crippen LogP contribution in [0.3, 0.4) is 0 Å². The van der Waals surface area contributed by atoms with Crippen LogP contribution in [0.15, 0.2) is 46.6 Å². The minimum absolute atomic E-state index is 0.0761. The van der Waals surface area contributed by atoms with E-state index < -0.39 is 5.91 Å². The van der Waals surface area contributed by atoms with Crippen molar-refractivity contribution in [2.24, 2.45) is 0 Å². The highest BCUT2D eigenvalue weighted by atomic mass is 16.5. The van der Waals surface area contributed by atoms with Crippen molar-refractivity contribution in [2.75, 3.05) is 19.5 Å². The molecule has 112 valence electrons. The first kappa shape index (κ1) is 15.2. The van der Waals surface area contributed by atoms with E-state index in [4.69, 9.17) is 19.2 Å². The Balaban J connectivity index is 2.23. The van der Waals surface area contributed by atoms with Crippen LogP contribution in [0.1, 0.15) is 5.76 Å². The molecule has 2 aromatic rings. The highest BCUT2D eigenvalue weighted by Gasteiger charge is 2.13. The van der Waals surface area contributed by atoms with Crippen molar-refractivity contribution < 1.29 is 18.7 Å². The van der Waals surface area contributed by atoms with Gasteiger partial charge in [0.2, 0.25) is 0 Å².